The minimum absolute atomic E-state index is 0.216. The number of carbonyl (C=O) groups excluding carboxylic acids is 4. The molecule has 9 heteroatoms. The molecule has 3 rings (SSSR count). The minimum Gasteiger partial charge on any atom is -0.497 e. The summed E-state index contributed by atoms with van der Waals surface area (Å²) in [5.41, 5.74) is 1.09. The molecule has 0 spiro atoms. The standard InChI is InChI=1S/C26H31N3O6/c1-5-35-25(32)18-8-6-9-19(14-18)27-23(30)16-22-24(31)29(20-10-7-11-21(15-20)34-4)26(33)28(22)13-12-17(2)3/h6-11,14-15,17,22H,5,12-13,16H2,1-4H3,(H,27,30)/t22-/m0/s1. The quantitative estimate of drug-likeness (QED) is 0.405. The second kappa shape index (κ2) is 11.5. The number of imide groups is 1. The average Bonchev–Trinajstić information content (AvgIpc) is 3.06. The number of urea groups is 1. The Bertz CT molecular complexity index is 1100. The second-order valence-corrected chi connectivity index (χ2v) is 8.60. The molecule has 4 amide bonds. The van der Waals surface area contributed by atoms with Gasteiger partial charge in [0.15, 0.2) is 0 Å². The number of nitrogens with one attached hydrogen (secondary N) is 1. The van der Waals surface area contributed by atoms with Crippen molar-refractivity contribution in [2.24, 2.45) is 5.92 Å². The van der Waals surface area contributed by atoms with E-state index in [0.717, 1.165) is 4.90 Å². The van der Waals surface area contributed by atoms with Crippen LogP contribution >= 0.6 is 0 Å². The fourth-order valence-corrected chi connectivity index (χ4v) is 3.80. The molecular formula is C26H31N3O6. The molecule has 1 saturated heterocycles. The van der Waals surface area contributed by atoms with Gasteiger partial charge in [0.25, 0.3) is 5.91 Å². The predicted molar refractivity (Wildman–Crippen MR) is 131 cm³/mol. The molecule has 2 aromatic carbocycles. The Morgan fingerprint density at radius 2 is 1.83 bits per heavy atom. The topological polar surface area (TPSA) is 105 Å². The summed E-state index contributed by atoms with van der Waals surface area (Å²) in [4.78, 5) is 54.1. The van der Waals surface area contributed by atoms with Gasteiger partial charge in [-0.15, -0.1) is 0 Å². The van der Waals surface area contributed by atoms with Gasteiger partial charge in [0.1, 0.15) is 11.8 Å². The summed E-state index contributed by atoms with van der Waals surface area (Å²) >= 11 is 0. The Morgan fingerprint density at radius 3 is 2.51 bits per heavy atom. The van der Waals surface area contributed by atoms with E-state index in [2.05, 4.69) is 5.32 Å². The number of anilines is 2. The van der Waals surface area contributed by atoms with E-state index in [9.17, 15) is 19.2 Å². The predicted octanol–water partition coefficient (Wildman–Crippen LogP) is 4.08. The zero-order valence-electron chi connectivity index (χ0n) is 20.4. The molecule has 2 aromatic rings. The van der Waals surface area contributed by atoms with Crippen molar-refractivity contribution in [2.75, 3.05) is 30.5 Å². The smallest absolute Gasteiger partial charge is 0.338 e. The van der Waals surface area contributed by atoms with Crippen LogP contribution in [0.4, 0.5) is 16.2 Å². The van der Waals surface area contributed by atoms with Crippen molar-refractivity contribution in [2.45, 2.75) is 39.7 Å². The monoisotopic (exact) mass is 481 g/mol. The highest BCUT2D eigenvalue weighted by atomic mass is 16.5. The number of rotatable bonds is 10. The van der Waals surface area contributed by atoms with Crippen LogP contribution in [0.15, 0.2) is 48.5 Å². The molecule has 1 atom stereocenters. The molecule has 1 fully saturated rings. The Morgan fingerprint density at radius 1 is 1.09 bits per heavy atom. The molecule has 0 aliphatic carbocycles. The van der Waals surface area contributed by atoms with Gasteiger partial charge in [0.05, 0.1) is 31.4 Å². The molecule has 0 unspecified atom stereocenters. The Kier molecular flexibility index (Phi) is 8.46. The van der Waals surface area contributed by atoms with Gasteiger partial charge in [0, 0.05) is 18.3 Å². The van der Waals surface area contributed by atoms with Crippen molar-refractivity contribution in [3.05, 3.63) is 54.1 Å². The minimum atomic E-state index is -0.944. The summed E-state index contributed by atoms with van der Waals surface area (Å²) < 4.78 is 10.2. The van der Waals surface area contributed by atoms with Gasteiger partial charge in [0.2, 0.25) is 5.91 Å². The van der Waals surface area contributed by atoms with Crippen LogP contribution in [-0.2, 0) is 14.3 Å². The van der Waals surface area contributed by atoms with Crippen LogP contribution in [0.2, 0.25) is 0 Å². The normalized spacial score (nSPS) is 15.5. The van der Waals surface area contributed by atoms with Gasteiger partial charge in [-0.05, 0) is 49.6 Å². The molecule has 186 valence electrons. The number of hydrogen-bond acceptors (Lipinski definition) is 6. The highest BCUT2D eigenvalue weighted by Crippen LogP contribution is 2.30. The molecule has 0 saturated carbocycles. The van der Waals surface area contributed by atoms with Crippen molar-refractivity contribution in [1.29, 1.82) is 0 Å². The maximum atomic E-state index is 13.4. The van der Waals surface area contributed by atoms with E-state index in [0.29, 0.717) is 41.6 Å². The van der Waals surface area contributed by atoms with Gasteiger partial charge in [-0.25, -0.2) is 14.5 Å². The zero-order chi connectivity index (χ0) is 25.5. The van der Waals surface area contributed by atoms with Crippen LogP contribution < -0.4 is 15.0 Å². The zero-order valence-corrected chi connectivity index (χ0v) is 20.4. The van der Waals surface area contributed by atoms with Crippen molar-refractivity contribution in [3.8, 4) is 5.75 Å². The molecule has 35 heavy (non-hydrogen) atoms. The summed E-state index contributed by atoms with van der Waals surface area (Å²) in [6.45, 7) is 6.35. The molecule has 1 aliphatic heterocycles. The van der Waals surface area contributed by atoms with Crippen molar-refractivity contribution in [3.63, 3.8) is 0 Å². The van der Waals surface area contributed by atoms with Crippen molar-refractivity contribution in [1.82, 2.24) is 4.90 Å². The highest BCUT2D eigenvalue weighted by Gasteiger charge is 2.46. The number of methoxy groups -OCH3 is 1. The first-order valence-corrected chi connectivity index (χ1v) is 11.6. The van der Waals surface area contributed by atoms with Gasteiger partial charge < -0.3 is 19.7 Å². The third-order valence-corrected chi connectivity index (χ3v) is 5.61. The van der Waals surface area contributed by atoms with E-state index in [-0.39, 0.29) is 13.0 Å². The summed E-state index contributed by atoms with van der Waals surface area (Å²) in [5.74, 6) is -0.584. The van der Waals surface area contributed by atoms with Gasteiger partial charge in [-0.3, -0.25) is 9.59 Å². The lowest BCUT2D eigenvalue weighted by Crippen LogP contribution is -2.39. The fraction of sp³-hybridized carbons (Fsp3) is 0.385. The van der Waals surface area contributed by atoms with E-state index >= 15 is 0 Å². The van der Waals surface area contributed by atoms with Crippen LogP contribution in [-0.4, -0.2) is 55.0 Å². The Balaban J connectivity index is 1.80. The fourth-order valence-electron chi connectivity index (χ4n) is 3.80. The number of carbonyl (C=O) groups is 4. The lowest BCUT2D eigenvalue weighted by atomic mass is 10.1. The van der Waals surface area contributed by atoms with Crippen LogP contribution in [0.1, 0.15) is 44.0 Å². The molecular weight excluding hydrogens is 450 g/mol. The second-order valence-electron chi connectivity index (χ2n) is 8.60. The van der Waals surface area contributed by atoms with E-state index in [4.69, 9.17) is 9.47 Å². The molecule has 0 aromatic heterocycles. The van der Waals surface area contributed by atoms with Gasteiger partial charge in [-0.2, -0.15) is 0 Å². The number of nitrogens with zero attached hydrogens (tertiary/aromatic N) is 2. The van der Waals surface area contributed by atoms with Crippen LogP contribution in [0.5, 0.6) is 5.75 Å². The number of benzene rings is 2. The van der Waals surface area contributed by atoms with Gasteiger partial charge >= 0.3 is 12.0 Å². The summed E-state index contributed by atoms with van der Waals surface area (Å²) in [6.07, 6.45) is 0.470. The largest absolute Gasteiger partial charge is 0.497 e. The number of amides is 4. The first kappa shape index (κ1) is 25.7. The molecule has 1 N–H and O–H groups in total. The van der Waals surface area contributed by atoms with Crippen LogP contribution in [0, 0.1) is 5.92 Å². The number of ether oxygens (including phenoxy) is 2. The highest BCUT2D eigenvalue weighted by molar-refractivity contribution is 6.22. The van der Waals surface area contributed by atoms with E-state index in [1.807, 2.05) is 13.8 Å². The number of hydrogen-bond donors (Lipinski definition) is 1. The van der Waals surface area contributed by atoms with E-state index < -0.39 is 29.9 Å². The Hall–Kier alpha value is -3.88. The lowest BCUT2D eigenvalue weighted by Gasteiger charge is -2.22. The third kappa shape index (κ3) is 6.17. The van der Waals surface area contributed by atoms with E-state index in [1.54, 1.807) is 49.4 Å². The summed E-state index contributed by atoms with van der Waals surface area (Å²) in [6, 6.07) is 11.6. The van der Waals surface area contributed by atoms with Crippen LogP contribution in [0.25, 0.3) is 0 Å². The van der Waals surface area contributed by atoms with Gasteiger partial charge in [-0.1, -0.05) is 26.0 Å². The summed E-state index contributed by atoms with van der Waals surface area (Å²) in [7, 11) is 1.51. The molecule has 1 heterocycles. The molecule has 0 bridgehead atoms. The van der Waals surface area contributed by atoms with Crippen molar-refractivity contribution < 1.29 is 28.7 Å². The molecule has 9 nitrogen and oxygen atoms in total. The summed E-state index contributed by atoms with van der Waals surface area (Å²) in [5, 5.41) is 2.72. The maximum Gasteiger partial charge on any atom is 0.338 e. The lowest BCUT2D eigenvalue weighted by molar-refractivity contribution is -0.124. The number of esters is 1. The SMILES string of the molecule is CCOC(=O)c1cccc(NC(=O)C[C@H]2C(=O)N(c3cccc(OC)c3)C(=O)N2CCC(C)C)c1. The first-order valence-electron chi connectivity index (χ1n) is 11.6. The van der Waals surface area contributed by atoms with Crippen LogP contribution in [0.3, 0.4) is 0 Å². The third-order valence-electron chi connectivity index (χ3n) is 5.61. The molecule has 1 aliphatic rings. The maximum absolute atomic E-state index is 13.4. The molecule has 0 radical (unpaired) electrons. The Labute approximate surface area is 205 Å². The first-order chi connectivity index (χ1) is 16.7. The van der Waals surface area contributed by atoms with Crippen molar-refractivity contribution >= 4 is 35.2 Å². The average molecular weight is 482 g/mol. The van der Waals surface area contributed by atoms with E-state index in [1.165, 1.54) is 18.1 Å².